The smallest absolute Gasteiger partial charge is 0.349 e. The van der Waals surface area contributed by atoms with E-state index in [1.54, 1.807) is 76.2 Å². The van der Waals surface area contributed by atoms with E-state index in [1.165, 1.54) is 0 Å². The van der Waals surface area contributed by atoms with E-state index in [9.17, 15) is 9.59 Å². The molecule has 0 aliphatic heterocycles. The molecule has 8 nitrogen and oxygen atoms in total. The van der Waals surface area contributed by atoms with Crippen LogP contribution in [0, 0.1) is 5.41 Å². The Hall–Kier alpha value is -2.49. The molecule has 0 aliphatic carbocycles. The number of nitrogens with zero attached hydrogens (tertiary/aromatic N) is 1. The number of carbonyl (C=O) groups is 2. The van der Waals surface area contributed by atoms with Gasteiger partial charge in [0.2, 0.25) is 0 Å². The molecule has 0 unspecified atom stereocenters. The topological polar surface area (TPSA) is 106 Å². The number of hydrogen-bond acceptors (Lipinski definition) is 8. The van der Waals surface area contributed by atoms with Crippen LogP contribution in [0.2, 0.25) is 5.02 Å². The van der Waals surface area contributed by atoms with Crippen LogP contribution in [0.4, 0.5) is 0 Å². The van der Waals surface area contributed by atoms with Crippen molar-refractivity contribution in [1.82, 2.24) is 5.39 Å². The summed E-state index contributed by atoms with van der Waals surface area (Å²) >= 11 is 5.85. The van der Waals surface area contributed by atoms with E-state index in [-0.39, 0.29) is 19.0 Å². The van der Waals surface area contributed by atoms with Gasteiger partial charge in [0.25, 0.3) is 0 Å². The molecule has 0 saturated heterocycles. The number of halogens is 1. The number of hydrogen-bond donors (Lipinski definition) is 2. The lowest BCUT2D eigenvalue weighted by atomic mass is 9.96. The number of esters is 1. The molecule has 0 spiro atoms. The van der Waals surface area contributed by atoms with E-state index in [0.29, 0.717) is 21.9 Å². The lowest BCUT2D eigenvalue weighted by molar-refractivity contribution is -0.497. The van der Waals surface area contributed by atoms with Crippen molar-refractivity contribution in [1.29, 1.82) is 0 Å². The lowest BCUT2D eigenvalue weighted by Crippen LogP contribution is -2.42. The van der Waals surface area contributed by atoms with Crippen LogP contribution in [0.3, 0.4) is 0 Å². The summed E-state index contributed by atoms with van der Waals surface area (Å²) in [5.74, 6) is -0.365. The molecule has 0 aromatic heterocycles. The van der Waals surface area contributed by atoms with Gasteiger partial charge >= 0.3 is 5.97 Å². The summed E-state index contributed by atoms with van der Waals surface area (Å²) in [6.45, 7) is 6.48. The van der Waals surface area contributed by atoms with Crippen molar-refractivity contribution in [3.8, 4) is 5.75 Å². The summed E-state index contributed by atoms with van der Waals surface area (Å²) in [6, 6.07) is 13.0. The Bertz CT molecular complexity index is 893. The van der Waals surface area contributed by atoms with Crippen LogP contribution in [0.5, 0.6) is 5.75 Å². The van der Waals surface area contributed by atoms with Gasteiger partial charge in [-0.05, 0) is 62.4 Å². The summed E-state index contributed by atoms with van der Waals surface area (Å²) in [5.41, 5.74) is -0.977. The predicted molar refractivity (Wildman–Crippen MR) is 112 cm³/mol. The quantitative estimate of drug-likeness (QED) is 0.313. The minimum atomic E-state index is -1.29. The molecular weight excluding hydrogens is 426 g/mol. The maximum absolute atomic E-state index is 12.5. The average Bonchev–Trinajstić information content (AvgIpc) is 2.71. The van der Waals surface area contributed by atoms with E-state index < -0.39 is 22.4 Å². The minimum Gasteiger partial charge on any atom is -0.476 e. The minimum absolute atomic E-state index is 0.0268. The van der Waals surface area contributed by atoms with E-state index in [1.807, 2.05) is 0 Å². The van der Waals surface area contributed by atoms with Gasteiger partial charge in [-0.2, -0.15) is 0 Å². The number of benzene rings is 2. The Balaban J connectivity index is 1.96. The summed E-state index contributed by atoms with van der Waals surface area (Å²) in [7, 11) is 0. The first kappa shape index (κ1) is 24.8. The summed E-state index contributed by atoms with van der Waals surface area (Å²) in [5, 5.41) is 17.4. The third-order valence-corrected chi connectivity index (χ3v) is 4.50. The van der Waals surface area contributed by atoms with Gasteiger partial charge in [0.1, 0.15) is 5.75 Å². The first-order chi connectivity index (χ1) is 14.4. The molecule has 0 atom stereocenters. The van der Waals surface area contributed by atoms with Crippen LogP contribution in [0.25, 0.3) is 0 Å². The standard InChI is InChI=1S/C22H26ClNO7/c1-21(2,14-30-24(27)28)13-29-20(26)22(3,4)31-18-11-7-16(8-12-18)19(25)15-5-9-17(23)10-6-15/h5-12,27-28H,13-14H2,1-4H3. The first-order valence-corrected chi connectivity index (χ1v) is 9.85. The van der Waals surface area contributed by atoms with Crippen molar-refractivity contribution in [3.63, 3.8) is 0 Å². The van der Waals surface area contributed by atoms with Crippen molar-refractivity contribution in [3.05, 3.63) is 64.7 Å². The van der Waals surface area contributed by atoms with Gasteiger partial charge in [0.05, 0.1) is 18.6 Å². The highest BCUT2D eigenvalue weighted by Crippen LogP contribution is 2.23. The largest absolute Gasteiger partial charge is 0.476 e. The highest BCUT2D eigenvalue weighted by Gasteiger charge is 2.34. The SMILES string of the molecule is CC(C)(COC(=O)C(C)(C)Oc1ccc(C(=O)c2ccc(Cl)cc2)cc1)CON(O)O. The third kappa shape index (κ3) is 7.61. The van der Waals surface area contributed by atoms with Crippen LogP contribution >= 0.6 is 11.6 Å². The molecule has 31 heavy (non-hydrogen) atoms. The fraction of sp³-hybridized carbons (Fsp3) is 0.364. The lowest BCUT2D eigenvalue weighted by Gasteiger charge is -2.28. The highest BCUT2D eigenvalue weighted by atomic mass is 35.5. The Morgan fingerprint density at radius 1 is 0.903 bits per heavy atom. The molecule has 0 saturated carbocycles. The van der Waals surface area contributed by atoms with Crippen molar-refractivity contribution in [2.75, 3.05) is 13.2 Å². The summed E-state index contributed by atoms with van der Waals surface area (Å²) in [4.78, 5) is 29.6. The zero-order valence-corrected chi connectivity index (χ0v) is 18.5. The van der Waals surface area contributed by atoms with Crippen LogP contribution in [0.1, 0.15) is 43.6 Å². The molecule has 0 fully saturated rings. The average molecular weight is 452 g/mol. The van der Waals surface area contributed by atoms with Crippen LogP contribution < -0.4 is 4.74 Å². The molecule has 0 aliphatic rings. The van der Waals surface area contributed by atoms with Crippen LogP contribution in [0.15, 0.2) is 48.5 Å². The molecule has 2 rings (SSSR count). The van der Waals surface area contributed by atoms with Gasteiger partial charge in [-0.25, -0.2) is 4.79 Å². The maximum Gasteiger partial charge on any atom is 0.349 e. The zero-order chi connectivity index (χ0) is 23.2. The molecule has 9 heteroatoms. The molecule has 0 radical (unpaired) electrons. The second-order valence-corrected chi connectivity index (χ2v) is 8.68. The number of carbonyl (C=O) groups excluding carboxylic acids is 2. The molecule has 168 valence electrons. The van der Waals surface area contributed by atoms with Crippen molar-refractivity contribution >= 4 is 23.4 Å². The van der Waals surface area contributed by atoms with Crippen molar-refractivity contribution < 1.29 is 34.3 Å². The van der Waals surface area contributed by atoms with E-state index in [2.05, 4.69) is 4.84 Å². The second-order valence-electron chi connectivity index (χ2n) is 8.24. The Labute approximate surface area is 185 Å². The normalized spacial score (nSPS) is 12.0. The van der Waals surface area contributed by atoms with Gasteiger partial charge in [-0.1, -0.05) is 25.4 Å². The molecule has 2 aromatic carbocycles. The Morgan fingerprint density at radius 3 is 1.94 bits per heavy atom. The van der Waals surface area contributed by atoms with Gasteiger partial charge in [-0.15, -0.1) is 0 Å². The molecule has 2 aromatic rings. The van der Waals surface area contributed by atoms with Crippen LogP contribution in [-0.2, 0) is 14.4 Å². The van der Waals surface area contributed by atoms with Gasteiger partial charge in [-0.3, -0.25) is 20.0 Å². The number of ketones is 1. The number of ether oxygens (including phenoxy) is 2. The molecular formula is C22H26ClNO7. The highest BCUT2D eigenvalue weighted by molar-refractivity contribution is 6.30. The van der Waals surface area contributed by atoms with E-state index >= 15 is 0 Å². The Morgan fingerprint density at radius 2 is 1.42 bits per heavy atom. The van der Waals surface area contributed by atoms with Gasteiger partial charge in [0.15, 0.2) is 11.4 Å². The van der Waals surface area contributed by atoms with Crippen molar-refractivity contribution in [2.24, 2.45) is 5.41 Å². The fourth-order valence-electron chi connectivity index (χ4n) is 2.49. The molecule has 0 heterocycles. The van der Waals surface area contributed by atoms with Gasteiger partial charge in [0, 0.05) is 21.6 Å². The monoisotopic (exact) mass is 451 g/mol. The fourth-order valence-corrected chi connectivity index (χ4v) is 2.61. The maximum atomic E-state index is 12.5. The second kappa shape index (κ2) is 10.2. The van der Waals surface area contributed by atoms with E-state index in [0.717, 1.165) is 0 Å². The predicted octanol–water partition coefficient (Wildman–Crippen LogP) is 4.31. The Kier molecular flexibility index (Phi) is 8.16. The van der Waals surface area contributed by atoms with E-state index in [4.69, 9.17) is 31.5 Å². The molecule has 0 bridgehead atoms. The summed E-state index contributed by atoms with van der Waals surface area (Å²) < 4.78 is 11.1. The summed E-state index contributed by atoms with van der Waals surface area (Å²) in [6.07, 6.45) is 0. The third-order valence-electron chi connectivity index (χ3n) is 4.25. The molecule has 0 amide bonds. The van der Waals surface area contributed by atoms with Crippen molar-refractivity contribution in [2.45, 2.75) is 33.3 Å². The zero-order valence-electron chi connectivity index (χ0n) is 17.8. The first-order valence-electron chi connectivity index (χ1n) is 9.47. The molecule has 2 N–H and O–H groups in total. The van der Waals surface area contributed by atoms with Gasteiger partial charge < -0.3 is 9.47 Å². The van der Waals surface area contributed by atoms with Crippen LogP contribution in [-0.4, -0.2) is 46.4 Å². The number of rotatable bonds is 10.